The average molecular weight is 541 g/mol. The van der Waals surface area contributed by atoms with E-state index < -0.39 is 26.1 Å². The van der Waals surface area contributed by atoms with Crippen LogP contribution in [0.15, 0.2) is 82.6 Å². The Labute approximate surface area is 217 Å². The van der Waals surface area contributed by atoms with Crippen molar-refractivity contribution in [2.45, 2.75) is 22.8 Å². The third-order valence-electron chi connectivity index (χ3n) is 6.86. The number of fused-ring (bicyclic) bond motifs is 2. The van der Waals surface area contributed by atoms with Gasteiger partial charge in [-0.2, -0.15) is 8.61 Å². The van der Waals surface area contributed by atoms with Gasteiger partial charge in [-0.1, -0.05) is 48.5 Å². The molecule has 8 nitrogen and oxygen atoms in total. The number of nitrogens with zero attached hydrogens (tertiary/aromatic N) is 2. The quantitative estimate of drug-likeness (QED) is 0.366. The molecule has 0 aliphatic carbocycles. The molecule has 0 bridgehead atoms. The smallest absolute Gasteiger partial charge is 0.244 e. The van der Waals surface area contributed by atoms with Gasteiger partial charge in [-0.05, 0) is 31.2 Å². The van der Waals surface area contributed by atoms with Crippen LogP contribution < -0.4 is 9.47 Å². The number of hydrogen-bond donors (Lipinski definition) is 0. The van der Waals surface area contributed by atoms with E-state index >= 15 is 0 Å². The number of piperazine rings is 1. The lowest BCUT2D eigenvalue weighted by atomic mass is 10.1. The summed E-state index contributed by atoms with van der Waals surface area (Å²) >= 11 is 0. The first-order valence-corrected chi connectivity index (χ1v) is 14.7. The zero-order chi connectivity index (χ0) is 26.4. The second-order valence-electron chi connectivity index (χ2n) is 8.95. The lowest BCUT2D eigenvalue weighted by molar-refractivity contribution is 0.213. The molecule has 0 spiro atoms. The SMILES string of the molecule is COc1ccc(S(=O)(=O)N2CCN(S(=O)(=O)c3ccc(OC)c4ccccc34)[C@@H](C)C2)c2ccccc12. The van der Waals surface area contributed by atoms with E-state index in [1.807, 2.05) is 24.3 Å². The first-order chi connectivity index (χ1) is 17.7. The number of benzene rings is 4. The molecule has 10 heteroatoms. The van der Waals surface area contributed by atoms with E-state index in [9.17, 15) is 16.8 Å². The minimum absolute atomic E-state index is 0.0377. The highest BCUT2D eigenvalue weighted by Gasteiger charge is 2.39. The highest BCUT2D eigenvalue weighted by Crippen LogP contribution is 2.36. The van der Waals surface area contributed by atoms with Crippen molar-refractivity contribution in [1.29, 1.82) is 0 Å². The normalized spacial score (nSPS) is 17.8. The predicted molar refractivity (Wildman–Crippen MR) is 143 cm³/mol. The average Bonchev–Trinajstić information content (AvgIpc) is 2.91. The molecule has 0 aromatic heterocycles. The summed E-state index contributed by atoms with van der Waals surface area (Å²) < 4.78 is 68.6. The van der Waals surface area contributed by atoms with Crippen LogP contribution in [-0.2, 0) is 20.0 Å². The fourth-order valence-corrected chi connectivity index (χ4v) is 8.56. The van der Waals surface area contributed by atoms with Gasteiger partial charge in [0.25, 0.3) is 0 Å². The van der Waals surface area contributed by atoms with Crippen LogP contribution in [0.2, 0.25) is 0 Å². The Bertz CT molecular complexity index is 1700. The highest BCUT2D eigenvalue weighted by atomic mass is 32.2. The Balaban J connectivity index is 1.47. The molecular formula is C27H28N2O6S2. The van der Waals surface area contributed by atoms with Gasteiger partial charge in [-0.3, -0.25) is 0 Å². The van der Waals surface area contributed by atoms with Gasteiger partial charge in [-0.25, -0.2) is 16.8 Å². The lowest BCUT2D eigenvalue weighted by Crippen LogP contribution is -2.55. The summed E-state index contributed by atoms with van der Waals surface area (Å²) in [6, 6.07) is 20.2. The van der Waals surface area contributed by atoms with Crippen LogP contribution in [0, 0.1) is 0 Å². The molecule has 1 saturated heterocycles. The van der Waals surface area contributed by atoms with Crippen molar-refractivity contribution in [1.82, 2.24) is 8.61 Å². The largest absolute Gasteiger partial charge is 0.496 e. The highest BCUT2D eigenvalue weighted by molar-refractivity contribution is 7.90. The molecule has 1 aliphatic rings. The fraction of sp³-hybridized carbons (Fsp3) is 0.259. The zero-order valence-corrected chi connectivity index (χ0v) is 22.4. The molecule has 0 saturated carbocycles. The van der Waals surface area contributed by atoms with Gasteiger partial charge in [0, 0.05) is 47.2 Å². The third kappa shape index (κ3) is 4.23. The predicted octanol–water partition coefficient (Wildman–Crippen LogP) is 4.09. The van der Waals surface area contributed by atoms with Crippen LogP contribution in [0.25, 0.3) is 21.5 Å². The van der Waals surface area contributed by atoms with E-state index in [4.69, 9.17) is 9.47 Å². The van der Waals surface area contributed by atoms with Gasteiger partial charge in [0.1, 0.15) is 11.5 Å². The monoisotopic (exact) mass is 540 g/mol. The summed E-state index contributed by atoms with van der Waals surface area (Å²) in [4.78, 5) is 0.349. The van der Waals surface area contributed by atoms with E-state index in [1.54, 1.807) is 69.7 Å². The van der Waals surface area contributed by atoms with Crippen molar-refractivity contribution in [2.24, 2.45) is 0 Å². The third-order valence-corrected chi connectivity index (χ3v) is 10.9. The van der Waals surface area contributed by atoms with Crippen LogP contribution in [0.1, 0.15) is 6.92 Å². The summed E-state index contributed by atoms with van der Waals surface area (Å²) in [6.07, 6.45) is 0. The second kappa shape index (κ2) is 9.60. The molecule has 5 rings (SSSR count). The van der Waals surface area contributed by atoms with Crippen LogP contribution in [0.5, 0.6) is 11.5 Å². The molecule has 0 radical (unpaired) electrons. The Hall–Kier alpha value is -3.18. The molecule has 0 amide bonds. The maximum absolute atomic E-state index is 13.8. The van der Waals surface area contributed by atoms with Gasteiger partial charge in [0.15, 0.2) is 0 Å². The maximum Gasteiger partial charge on any atom is 0.244 e. The van der Waals surface area contributed by atoms with Crippen LogP contribution >= 0.6 is 0 Å². The van der Waals surface area contributed by atoms with Gasteiger partial charge in [0.05, 0.1) is 24.0 Å². The minimum Gasteiger partial charge on any atom is -0.496 e. The number of hydrogen-bond acceptors (Lipinski definition) is 6. The van der Waals surface area contributed by atoms with Crippen LogP contribution in [0.4, 0.5) is 0 Å². The Morgan fingerprint density at radius 2 is 1.11 bits per heavy atom. The molecular weight excluding hydrogens is 512 g/mol. The molecule has 0 unspecified atom stereocenters. The first kappa shape index (κ1) is 25.5. The standard InChI is InChI=1S/C27H28N2O6S2/c1-19-18-28(36(30,31)26-14-12-24(34-2)20-8-4-6-10-22(20)26)16-17-29(19)37(32,33)27-15-13-25(35-3)21-9-5-7-11-23(21)27/h4-15,19H,16-18H2,1-3H3/t19-/m0/s1. The Kier molecular flexibility index (Phi) is 6.61. The molecule has 4 aromatic rings. The van der Waals surface area contributed by atoms with E-state index in [0.29, 0.717) is 33.0 Å². The Morgan fingerprint density at radius 3 is 1.57 bits per heavy atom. The van der Waals surface area contributed by atoms with Gasteiger partial charge in [0.2, 0.25) is 20.0 Å². The van der Waals surface area contributed by atoms with E-state index in [1.165, 1.54) is 8.61 Å². The minimum atomic E-state index is -3.90. The number of rotatable bonds is 6. The molecule has 1 heterocycles. The molecule has 194 valence electrons. The second-order valence-corrected chi connectivity index (χ2v) is 12.7. The van der Waals surface area contributed by atoms with Crippen LogP contribution in [-0.4, -0.2) is 65.3 Å². The van der Waals surface area contributed by atoms with Crippen molar-refractivity contribution >= 4 is 41.6 Å². The van der Waals surface area contributed by atoms with Crippen molar-refractivity contribution in [2.75, 3.05) is 33.9 Å². The molecule has 4 aromatic carbocycles. The summed E-state index contributed by atoms with van der Waals surface area (Å²) in [6.45, 7) is 1.85. The first-order valence-electron chi connectivity index (χ1n) is 11.8. The van der Waals surface area contributed by atoms with Gasteiger partial charge in [-0.15, -0.1) is 0 Å². The maximum atomic E-state index is 13.8. The van der Waals surface area contributed by atoms with E-state index in [0.717, 1.165) is 0 Å². The molecule has 1 fully saturated rings. The lowest BCUT2D eigenvalue weighted by Gasteiger charge is -2.38. The van der Waals surface area contributed by atoms with Crippen molar-refractivity contribution in [3.63, 3.8) is 0 Å². The summed E-state index contributed by atoms with van der Waals surface area (Å²) in [5, 5.41) is 2.53. The summed E-state index contributed by atoms with van der Waals surface area (Å²) in [5.74, 6) is 1.18. The fourth-order valence-electron chi connectivity index (χ4n) is 5.04. The summed E-state index contributed by atoms with van der Waals surface area (Å²) in [5.41, 5.74) is 0. The van der Waals surface area contributed by atoms with E-state index in [2.05, 4.69) is 0 Å². The topological polar surface area (TPSA) is 93.2 Å². The Morgan fingerprint density at radius 1 is 0.649 bits per heavy atom. The van der Waals surface area contributed by atoms with Gasteiger partial charge >= 0.3 is 0 Å². The van der Waals surface area contributed by atoms with Crippen molar-refractivity contribution in [3.05, 3.63) is 72.8 Å². The van der Waals surface area contributed by atoms with Gasteiger partial charge < -0.3 is 9.47 Å². The number of methoxy groups -OCH3 is 2. The number of sulfonamides is 2. The summed E-state index contributed by atoms with van der Waals surface area (Å²) in [7, 11) is -4.69. The molecule has 0 N–H and O–H groups in total. The molecule has 1 atom stereocenters. The molecule has 1 aliphatic heterocycles. The molecule has 37 heavy (non-hydrogen) atoms. The van der Waals surface area contributed by atoms with Crippen molar-refractivity contribution < 1.29 is 26.3 Å². The van der Waals surface area contributed by atoms with Crippen LogP contribution in [0.3, 0.4) is 0 Å². The number of ether oxygens (including phenoxy) is 2. The van der Waals surface area contributed by atoms with E-state index in [-0.39, 0.29) is 29.4 Å². The van der Waals surface area contributed by atoms with Crippen molar-refractivity contribution in [3.8, 4) is 11.5 Å². The zero-order valence-electron chi connectivity index (χ0n) is 20.8.